The van der Waals surface area contributed by atoms with E-state index in [-0.39, 0.29) is 0 Å². The second-order valence-corrected chi connectivity index (χ2v) is 6.12. The number of fused-ring (bicyclic) bond motifs is 1. The summed E-state index contributed by atoms with van der Waals surface area (Å²) >= 11 is 13.9. The van der Waals surface area contributed by atoms with Crippen LogP contribution in [0.5, 0.6) is 0 Å². The third-order valence-electron chi connectivity index (χ3n) is 3.02. The van der Waals surface area contributed by atoms with Gasteiger partial charge in [0.25, 0.3) is 0 Å². The van der Waals surface area contributed by atoms with Crippen LogP contribution < -0.4 is 5.32 Å². The average molecular weight is 324 g/mol. The molecule has 0 saturated heterocycles. The summed E-state index contributed by atoms with van der Waals surface area (Å²) in [6, 6.07) is 5.57. The smallest absolute Gasteiger partial charge is 0.172 e. The maximum atomic E-state index is 6.27. The van der Waals surface area contributed by atoms with Crippen LogP contribution in [0.4, 0.5) is 5.82 Å². The molecule has 0 bridgehead atoms. The number of hydrogen-bond donors (Lipinski definition) is 1. The van der Waals surface area contributed by atoms with Crippen LogP contribution in [0.2, 0.25) is 10.0 Å². The predicted molar refractivity (Wildman–Crippen MR) is 87.2 cm³/mol. The van der Waals surface area contributed by atoms with Crippen molar-refractivity contribution in [2.24, 2.45) is 0 Å². The van der Waals surface area contributed by atoms with Crippen molar-refractivity contribution in [1.82, 2.24) is 9.97 Å². The van der Waals surface area contributed by atoms with Crippen molar-refractivity contribution in [3.05, 3.63) is 39.2 Å². The van der Waals surface area contributed by atoms with Gasteiger partial charge < -0.3 is 5.32 Å². The summed E-state index contributed by atoms with van der Waals surface area (Å²) in [7, 11) is 1.82. The molecular formula is C14H11Cl2N3S. The van der Waals surface area contributed by atoms with E-state index in [1.54, 1.807) is 17.4 Å². The maximum absolute atomic E-state index is 6.27. The average Bonchev–Trinajstić information content (AvgIpc) is 2.84. The fraction of sp³-hybridized carbons (Fsp3) is 0.143. The molecule has 0 aliphatic heterocycles. The molecule has 0 aliphatic carbocycles. The lowest BCUT2D eigenvalue weighted by molar-refractivity contribution is 1.22. The summed E-state index contributed by atoms with van der Waals surface area (Å²) in [4.78, 5) is 10.2. The molecule has 0 spiro atoms. The number of anilines is 1. The number of benzene rings is 1. The lowest BCUT2D eigenvalue weighted by atomic mass is 10.2. The Labute approximate surface area is 130 Å². The normalized spacial score (nSPS) is 11.0. The Kier molecular flexibility index (Phi) is 3.54. The van der Waals surface area contributed by atoms with Gasteiger partial charge in [0, 0.05) is 17.5 Å². The largest absolute Gasteiger partial charge is 0.373 e. The number of nitrogens with one attached hydrogen (secondary N) is 1. The van der Waals surface area contributed by atoms with Crippen molar-refractivity contribution in [2.45, 2.75) is 6.92 Å². The molecule has 0 unspecified atom stereocenters. The Morgan fingerprint density at radius 2 is 2.00 bits per heavy atom. The van der Waals surface area contributed by atoms with Gasteiger partial charge in [-0.25, -0.2) is 9.97 Å². The van der Waals surface area contributed by atoms with Crippen molar-refractivity contribution in [2.75, 3.05) is 12.4 Å². The first-order valence-electron chi connectivity index (χ1n) is 5.99. The number of hydrogen-bond acceptors (Lipinski definition) is 4. The standard InChI is InChI=1S/C14H11Cl2N3S/c1-7-3-4-20-12(7)14-18-11-9(13(17-2)19-14)5-8(15)6-10(11)16/h3-6H,1-2H3,(H,17,18,19). The summed E-state index contributed by atoms with van der Waals surface area (Å²) in [5, 5.41) is 7.03. The minimum absolute atomic E-state index is 0.529. The van der Waals surface area contributed by atoms with Gasteiger partial charge in [0.1, 0.15) is 5.82 Å². The van der Waals surface area contributed by atoms with Gasteiger partial charge in [-0.3, -0.25) is 0 Å². The molecule has 3 rings (SSSR count). The molecule has 102 valence electrons. The fourth-order valence-electron chi connectivity index (χ4n) is 2.05. The van der Waals surface area contributed by atoms with Crippen molar-refractivity contribution in [3.63, 3.8) is 0 Å². The van der Waals surface area contributed by atoms with Gasteiger partial charge in [-0.15, -0.1) is 11.3 Å². The van der Waals surface area contributed by atoms with E-state index in [0.29, 0.717) is 21.4 Å². The van der Waals surface area contributed by atoms with Gasteiger partial charge in [0.2, 0.25) is 0 Å². The van der Waals surface area contributed by atoms with Crippen molar-refractivity contribution < 1.29 is 0 Å². The molecule has 20 heavy (non-hydrogen) atoms. The van der Waals surface area contributed by atoms with Crippen LogP contribution in [0, 0.1) is 6.92 Å². The summed E-state index contributed by atoms with van der Waals surface area (Å²) in [6.45, 7) is 2.04. The first-order valence-corrected chi connectivity index (χ1v) is 7.62. The molecule has 0 atom stereocenters. The molecule has 2 aromatic heterocycles. The van der Waals surface area contributed by atoms with E-state index in [0.717, 1.165) is 21.6 Å². The van der Waals surface area contributed by atoms with Crippen LogP contribution in [0.25, 0.3) is 21.6 Å². The van der Waals surface area contributed by atoms with Crippen LogP contribution in [0.1, 0.15) is 5.56 Å². The molecule has 2 heterocycles. The van der Waals surface area contributed by atoms with E-state index >= 15 is 0 Å². The first-order chi connectivity index (χ1) is 9.60. The predicted octanol–water partition coefficient (Wildman–Crippen LogP) is 5.02. The van der Waals surface area contributed by atoms with E-state index in [4.69, 9.17) is 23.2 Å². The van der Waals surface area contributed by atoms with Gasteiger partial charge >= 0.3 is 0 Å². The summed E-state index contributed by atoms with van der Waals surface area (Å²) in [5.41, 5.74) is 1.86. The zero-order chi connectivity index (χ0) is 14.3. The monoisotopic (exact) mass is 323 g/mol. The minimum atomic E-state index is 0.529. The van der Waals surface area contributed by atoms with Crippen LogP contribution in [0.3, 0.4) is 0 Å². The van der Waals surface area contributed by atoms with Gasteiger partial charge in [-0.1, -0.05) is 23.2 Å². The van der Waals surface area contributed by atoms with Gasteiger partial charge in [-0.05, 0) is 36.1 Å². The topological polar surface area (TPSA) is 37.8 Å². The molecule has 0 aliphatic rings. The molecule has 3 nitrogen and oxygen atoms in total. The molecule has 1 aromatic carbocycles. The fourth-order valence-corrected chi connectivity index (χ4v) is 3.45. The molecule has 0 radical (unpaired) electrons. The Morgan fingerprint density at radius 3 is 2.65 bits per heavy atom. The van der Waals surface area contributed by atoms with Crippen LogP contribution in [0.15, 0.2) is 23.6 Å². The highest BCUT2D eigenvalue weighted by Crippen LogP contribution is 2.34. The Bertz CT molecular complexity index is 798. The second kappa shape index (κ2) is 5.20. The second-order valence-electron chi connectivity index (χ2n) is 4.36. The Balaban J connectivity index is 2.35. The highest BCUT2D eigenvalue weighted by molar-refractivity contribution is 7.13. The van der Waals surface area contributed by atoms with Crippen LogP contribution in [-0.2, 0) is 0 Å². The summed E-state index contributed by atoms with van der Waals surface area (Å²) < 4.78 is 0. The van der Waals surface area contributed by atoms with Gasteiger partial charge in [-0.2, -0.15) is 0 Å². The lowest BCUT2D eigenvalue weighted by Gasteiger charge is -2.09. The maximum Gasteiger partial charge on any atom is 0.172 e. The number of nitrogens with zero attached hydrogens (tertiary/aromatic N) is 2. The molecule has 6 heteroatoms. The van der Waals surface area contributed by atoms with Crippen LogP contribution >= 0.6 is 34.5 Å². The first kappa shape index (κ1) is 13.6. The van der Waals surface area contributed by atoms with Crippen molar-refractivity contribution in [1.29, 1.82) is 0 Å². The lowest BCUT2D eigenvalue weighted by Crippen LogP contribution is -1.99. The highest BCUT2D eigenvalue weighted by atomic mass is 35.5. The van der Waals surface area contributed by atoms with Crippen molar-refractivity contribution in [3.8, 4) is 10.7 Å². The SMILES string of the molecule is CNc1nc(-c2sccc2C)nc2c(Cl)cc(Cl)cc12. The van der Waals surface area contributed by atoms with E-state index < -0.39 is 0 Å². The third-order valence-corrected chi connectivity index (χ3v) is 4.54. The van der Waals surface area contributed by atoms with Gasteiger partial charge in [0.15, 0.2) is 5.82 Å². The molecular weight excluding hydrogens is 313 g/mol. The molecule has 3 aromatic rings. The quantitative estimate of drug-likeness (QED) is 0.719. The van der Waals surface area contributed by atoms with Gasteiger partial charge in [0.05, 0.1) is 15.4 Å². The highest BCUT2D eigenvalue weighted by Gasteiger charge is 2.14. The Hall–Kier alpha value is -1.36. The van der Waals surface area contributed by atoms with E-state index in [9.17, 15) is 0 Å². The van der Waals surface area contributed by atoms with Crippen LogP contribution in [-0.4, -0.2) is 17.0 Å². The minimum Gasteiger partial charge on any atom is -0.373 e. The third kappa shape index (κ3) is 2.24. The van der Waals surface area contributed by atoms with E-state index in [1.807, 2.05) is 25.4 Å². The molecule has 0 amide bonds. The molecule has 1 N–H and O–H groups in total. The number of thiophene rings is 1. The Morgan fingerprint density at radius 1 is 1.20 bits per heavy atom. The molecule has 0 saturated carbocycles. The molecule has 0 fully saturated rings. The number of rotatable bonds is 2. The zero-order valence-corrected chi connectivity index (χ0v) is 13.2. The number of aryl methyl sites for hydroxylation is 1. The zero-order valence-electron chi connectivity index (χ0n) is 10.9. The number of aromatic nitrogens is 2. The number of halogens is 2. The van der Waals surface area contributed by atoms with E-state index in [1.165, 1.54) is 0 Å². The summed E-state index contributed by atoms with van der Waals surface area (Å²) in [6.07, 6.45) is 0. The summed E-state index contributed by atoms with van der Waals surface area (Å²) in [5.74, 6) is 1.40. The van der Waals surface area contributed by atoms with Crippen molar-refractivity contribution >= 4 is 51.3 Å². The van der Waals surface area contributed by atoms with E-state index in [2.05, 4.69) is 21.4 Å².